The zero-order valence-electron chi connectivity index (χ0n) is 17.5. The summed E-state index contributed by atoms with van der Waals surface area (Å²) in [6.07, 6.45) is -9.56. The van der Waals surface area contributed by atoms with Crippen LogP contribution in [0.1, 0.15) is 0 Å². The molecule has 0 spiro atoms. The molecule has 5 atom stereocenters. The van der Waals surface area contributed by atoms with Crippen LogP contribution in [0.4, 0.5) is 0 Å². The van der Waals surface area contributed by atoms with Crippen molar-refractivity contribution in [3.8, 4) is 28.6 Å². The van der Waals surface area contributed by atoms with Crippen molar-refractivity contribution in [3.63, 3.8) is 0 Å². The fourth-order valence-corrected chi connectivity index (χ4v) is 3.38. The van der Waals surface area contributed by atoms with Crippen LogP contribution in [0.2, 0.25) is 0 Å². The predicted octanol–water partition coefficient (Wildman–Crippen LogP) is -1.51. The molecule has 3 aromatic rings. The van der Waals surface area contributed by atoms with Crippen LogP contribution in [-0.4, -0.2) is 78.3 Å². The minimum Gasteiger partial charge on any atom is -0.504 e. The van der Waals surface area contributed by atoms with Crippen LogP contribution in [0.3, 0.4) is 0 Å². The summed E-state index contributed by atoms with van der Waals surface area (Å²) in [5, 5.41) is 59.2. The van der Waals surface area contributed by atoms with Gasteiger partial charge in [0.15, 0.2) is 23.0 Å². The number of carbonyl (C=O) groups is 1. The summed E-state index contributed by atoms with van der Waals surface area (Å²) in [6.45, 7) is 0. The molecule has 0 aliphatic carbocycles. The van der Waals surface area contributed by atoms with Crippen molar-refractivity contribution in [1.29, 1.82) is 0 Å². The Bertz CT molecular complexity index is 1230. The molecule has 5 unspecified atom stereocenters. The number of hydrogen-bond donors (Lipinski definition) is 6. The van der Waals surface area contributed by atoms with Crippen LogP contribution in [0.15, 0.2) is 51.7 Å². The minimum atomic E-state index is -1.94. The van der Waals surface area contributed by atoms with E-state index >= 15 is 0 Å². The van der Waals surface area contributed by atoms with E-state index in [4.69, 9.17) is 19.0 Å². The van der Waals surface area contributed by atoms with Crippen molar-refractivity contribution >= 4 is 16.9 Å². The Morgan fingerprint density at radius 3 is 2.14 bits per heavy atom. The number of phenolic OH excluding ortho intramolecular Hbond substituents is 2. The molecule has 2 heterocycles. The Hall–Kier alpha value is -3.20. The number of benzene rings is 2. The molecule has 193 valence electrons. The fraction of sp³-hybridized carbons (Fsp3) is 0.238. The number of ether oxygens (including phenoxy) is 2. The number of carboxylic acids is 1. The molecule has 1 fully saturated rings. The molecular formula is C21H22CuO13+2. The summed E-state index contributed by atoms with van der Waals surface area (Å²) >= 11 is 0. The van der Waals surface area contributed by atoms with Crippen molar-refractivity contribution in [2.24, 2.45) is 0 Å². The molecule has 0 saturated carbocycles. The molecule has 14 heteroatoms. The topological polar surface area (TPSA) is 250 Å². The first-order valence-corrected chi connectivity index (χ1v) is 9.36. The third-order valence-corrected chi connectivity index (χ3v) is 5.05. The Kier molecular flexibility index (Phi) is 9.79. The molecule has 13 nitrogen and oxygen atoms in total. The van der Waals surface area contributed by atoms with Gasteiger partial charge in [0.1, 0.15) is 35.0 Å². The number of phenols is 2. The number of carboxylic acid groups (broad SMARTS) is 1. The van der Waals surface area contributed by atoms with Gasteiger partial charge in [0.05, 0.1) is 0 Å². The van der Waals surface area contributed by atoms with Gasteiger partial charge in [0, 0.05) is 17.7 Å². The van der Waals surface area contributed by atoms with E-state index in [0.717, 1.165) is 12.1 Å². The largest absolute Gasteiger partial charge is 2.00 e. The number of aliphatic hydroxyl groups is 3. The fourth-order valence-electron chi connectivity index (χ4n) is 3.38. The van der Waals surface area contributed by atoms with Gasteiger partial charge in [-0.3, -0.25) is 4.79 Å². The van der Waals surface area contributed by atoms with E-state index in [1.165, 1.54) is 0 Å². The van der Waals surface area contributed by atoms with Gasteiger partial charge in [-0.2, -0.15) is 0 Å². The smallest absolute Gasteiger partial charge is 0.504 e. The Balaban J connectivity index is 0.00000204. The minimum absolute atomic E-state index is 0. The average molecular weight is 546 g/mol. The van der Waals surface area contributed by atoms with Gasteiger partial charge in [-0.25, -0.2) is 4.79 Å². The van der Waals surface area contributed by atoms with Crippen molar-refractivity contribution in [1.82, 2.24) is 0 Å². The Morgan fingerprint density at radius 1 is 0.914 bits per heavy atom. The molecule has 0 amide bonds. The Morgan fingerprint density at radius 2 is 1.54 bits per heavy atom. The summed E-state index contributed by atoms with van der Waals surface area (Å²) in [5.74, 6) is -3.76. The first kappa shape index (κ1) is 29.8. The predicted molar refractivity (Wildman–Crippen MR) is 113 cm³/mol. The summed E-state index contributed by atoms with van der Waals surface area (Å²) in [7, 11) is 0. The second kappa shape index (κ2) is 11.5. The second-order valence-electron chi connectivity index (χ2n) is 7.14. The summed E-state index contributed by atoms with van der Waals surface area (Å²) in [4.78, 5) is 23.8. The number of aliphatic carboxylic acids is 1. The van der Waals surface area contributed by atoms with Gasteiger partial charge in [0.2, 0.25) is 12.0 Å². The molecule has 1 aliphatic rings. The van der Waals surface area contributed by atoms with Gasteiger partial charge in [0.25, 0.3) is 0 Å². The van der Waals surface area contributed by atoms with Crippen molar-refractivity contribution in [2.75, 3.05) is 0 Å². The molecule has 1 aliphatic heterocycles. The van der Waals surface area contributed by atoms with Crippen molar-refractivity contribution in [3.05, 3.63) is 52.7 Å². The zero-order chi connectivity index (χ0) is 23.2. The van der Waals surface area contributed by atoms with Crippen molar-refractivity contribution in [2.45, 2.75) is 30.7 Å². The second-order valence-corrected chi connectivity index (χ2v) is 7.14. The third-order valence-electron chi connectivity index (χ3n) is 5.05. The number of aromatic hydroxyl groups is 2. The monoisotopic (exact) mass is 545 g/mol. The molecule has 0 bridgehead atoms. The van der Waals surface area contributed by atoms with E-state index in [2.05, 4.69) is 0 Å². The zero-order valence-corrected chi connectivity index (χ0v) is 18.4. The van der Waals surface area contributed by atoms with Gasteiger partial charge < -0.3 is 55.5 Å². The van der Waals surface area contributed by atoms with Gasteiger partial charge in [-0.05, 0) is 0 Å². The van der Waals surface area contributed by atoms with Crippen LogP contribution in [0.5, 0.6) is 17.2 Å². The normalized spacial score (nSPS) is 23.3. The summed E-state index contributed by atoms with van der Waals surface area (Å²) in [5.41, 5.74) is -0.265. The molecule has 10 N–H and O–H groups in total. The summed E-state index contributed by atoms with van der Waals surface area (Å²) < 4.78 is 16.0. The SMILES string of the molecule is O.O.O=C(O)C1OC(Oc2cc3oc(-c4ccccc4)cc(=O)c3c(O)c2O)C(O)C(O)C1O.[Cu+2]. The van der Waals surface area contributed by atoms with Crippen LogP contribution in [-0.2, 0) is 26.6 Å². The third kappa shape index (κ3) is 5.40. The van der Waals surface area contributed by atoms with Gasteiger partial charge >= 0.3 is 23.0 Å². The molecular weight excluding hydrogens is 524 g/mol. The van der Waals surface area contributed by atoms with E-state index < -0.39 is 59.4 Å². The quantitative estimate of drug-likeness (QED) is 0.162. The maximum absolute atomic E-state index is 12.5. The molecule has 35 heavy (non-hydrogen) atoms. The van der Waals surface area contributed by atoms with Crippen LogP contribution in [0, 0.1) is 0 Å². The number of hydrogen-bond acceptors (Lipinski definition) is 10. The maximum atomic E-state index is 12.5. The number of rotatable bonds is 4. The maximum Gasteiger partial charge on any atom is 2.00 e. The average Bonchev–Trinajstić information content (AvgIpc) is 2.77. The van der Waals surface area contributed by atoms with E-state index in [-0.39, 0.29) is 44.8 Å². The van der Waals surface area contributed by atoms with Crippen LogP contribution in [0.25, 0.3) is 22.3 Å². The Labute approximate surface area is 206 Å². The van der Waals surface area contributed by atoms with E-state index in [1.807, 2.05) is 0 Å². The molecule has 2 aromatic carbocycles. The van der Waals surface area contributed by atoms with E-state index in [9.17, 15) is 35.1 Å². The van der Waals surface area contributed by atoms with Crippen LogP contribution < -0.4 is 10.2 Å². The molecule has 1 saturated heterocycles. The van der Waals surface area contributed by atoms with Gasteiger partial charge in [-0.1, -0.05) is 30.3 Å². The van der Waals surface area contributed by atoms with Crippen LogP contribution >= 0.6 is 0 Å². The molecule has 4 rings (SSSR count). The number of fused-ring (bicyclic) bond motifs is 1. The number of aliphatic hydroxyl groups excluding tert-OH is 3. The van der Waals surface area contributed by atoms with Crippen molar-refractivity contribution < 1.29 is 77.3 Å². The van der Waals surface area contributed by atoms with E-state index in [1.54, 1.807) is 30.3 Å². The first-order chi connectivity index (χ1) is 15.2. The van der Waals surface area contributed by atoms with Gasteiger partial charge in [-0.15, -0.1) is 0 Å². The molecule has 1 radical (unpaired) electrons. The first-order valence-electron chi connectivity index (χ1n) is 9.36. The van der Waals surface area contributed by atoms with E-state index in [0.29, 0.717) is 5.56 Å². The summed E-state index contributed by atoms with van der Waals surface area (Å²) in [6, 6.07) is 10.8. The standard InChI is InChI=1S/C21H18O11.Cu.2H2O/c22-9-6-10(8-4-2-1-3-5-8)30-11-7-12(14(23)15(24)13(9)11)31-21-18(27)16(25)17(26)19(32-21)20(28)29;;;/h1-7,16-19,21,23-27H,(H,28,29);;2*1H2/q;+2;;. The molecule has 1 aromatic heterocycles.